The van der Waals surface area contributed by atoms with Gasteiger partial charge in [-0.1, -0.05) is 35.9 Å². The molecule has 0 N–H and O–H groups in total. The Kier molecular flexibility index (Phi) is 5.26. The lowest BCUT2D eigenvalue weighted by molar-refractivity contribution is 0.317. The lowest BCUT2D eigenvalue weighted by Crippen LogP contribution is -2.09. The quantitative estimate of drug-likeness (QED) is 0.558. The zero-order valence-electron chi connectivity index (χ0n) is 15.9. The summed E-state index contributed by atoms with van der Waals surface area (Å²) in [6, 6.07) is 15.7. The maximum atomic E-state index is 13.9. The molecule has 1 heterocycles. The summed E-state index contributed by atoms with van der Waals surface area (Å²) < 4.78 is 63.2. The van der Waals surface area contributed by atoms with E-state index in [1.807, 2.05) is 6.92 Å². The second-order valence-electron chi connectivity index (χ2n) is 6.78. The fraction of sp³-hybridized carbons (Fsp3) is 0.136. The second-order valence-corrected chi connectivity index (χ2v) is 8.32. The van der Waals surface area contributed by atoms with Gasteiger partial charge in [0.1, 0.15) is 40.5 Å². The van der Waals surface area contributed by atoms with Crippen LogP contribution in [0.3, 0.4) is 0 Å². The van der Waals surface area contributed by atoms with Crippen molar-refractivity contribution >= 4 is 16.0 Å². The molecule has 0 aromatic heterocycles. The SMILES string of the molecule is Cc1ccc(S(=O)(=O)Oc2ccc(C3COC(c4c(F)cccc4F)=N3)cc2)cc1. The molecule has 1 atom stereocenters. The standard InChI is InChI=1S/C22H17F2NO4S/c1-14-5-11-17(12-6-14)30(26,27)29-16-9-7-15(8-10-16)20-13-28-22(25-20)21-18(23)3-2-4-19(21)24/h2-12,20H,13H2,1H3. The first-order chi connectivity index (χ1) is 14.3. The predicted molar refractivity (Wildman–Crippen MR) is 107 cm³/mol. The molecule has 8 heteroatoms. The van der Waals surface area contributed by atoms with Gasteiger partial charge in [-0.25, -0.2) is 13.8 Å². The molecule has 0 aliphatic carbocycles. The van der Waals surface area contributed by atoms with E-state index in [4.69, 9.17) is 8.92 Å². The van der Waals surface area contributed by atoms with E-state index in [-0.39, 0.29) is 28.7 Å². The first-order valence-electron chi connectivity index (χ1n) is 9.09. The highest BCUT2D eigenvalue weighted by atomic mass is 32.2. The van der Waals surface area contributed by atoms with Crippen LogP contribution in [0.15, 0.2) is 76.6 Å². The highest BCUT2D eigenvalue weighted by molar-refractivity contribution is 7.87. The maximum absolute atomic E-state index is 13.9. The van der Waals surface area contributed by atoms with Gasteiger partial charge in [0.05, 0.1) is 0 Å². The Hall–Kier alpha value is -3.26. The molecular weight excluding hydrogens is 412 g/mol. The minimum atomic E-state index is -3.95. The molecule has 0 saturated heterocycles. The Bertz CT molecular complexity index is 1190. The summed E-state index contributed by atoms with van der Waals surface area (Å²) in [5.41, 5.74) is 1.33. The van der Waals surface area contributed by atoms with E-state index in [2.05, 4.69) is 4.99 Å². The third kappa shape index (κ3) is 4.04. The average molecular weight is 429 g/mol. The summed E-state index contributed by atoms with van der Waals surface area (Å²) in [7, 11) is -3.95. The van der Waals surface area contributed by atoms with Gasteiger partial charge in [-0.3, -0.25) is 0 Å². The number of hydrogen-bond acceptors (Lipinski definition) is 5. The van der Waals surface area contributed by atoms with Crippen LogP contribution in [0.4, 0.5) is 8.78 Å². The van der Waals surface area contributed by atoms with Gasteiger partial charge in [0.15, 0.2) is 0 Å². The fourth-order valence-corrected chi connectivity index (χ4v) is 3.94. The molecule has 154 valence electrons. The molecule has 3 aromatic rings. The summed E-state index contributed by atoms with van der Waals surface area (Å²) in [5.74, 6) is -1.46. The Balaban J connectivity index is 1.52. The van der Waals surface area contributed by atoms with E-state index < -0.39 is 27.8 Å². The molecule has 0 spiro atoms. The summed E-state index contributed by atoms with van der Waals surface area (Å²) in [5, 5.41) is 0. The summed E-state index contributed by atoms with van der Waals surface area (Å²) in [6.07, 6.45) is 0. The van der Waals surface area contributed by atoms with Crippen LogP contribution in [0.1, 0.15) is 22.7 Å². The number of nitrogens with zero attached hydrogens (tertiary/aromatic N) is 1. The highest BCUT2D eigenvalue weighted by Gasteiger charge is 2.26. The zero-order valence-corrected chi connectivity index (χ0v) is 16.7. The molecule has 3 aromatic carbocycles. The Labute approximate surface area is 172 Å². The smallest absolute Gasteiger partial charge is 0.339 e. The van der Waals surface area contributed by atoms with E-state index in [1.165, 1.54) is 30.3 Å². The molecule has 1 aliphatic heterocycles. The topological polar surface area (TPSA) is 65.0 Å². The van der Waals surface area contributed by atoms with Crippen molar-refractivity contribution in [2.45, 2.75) is 17.9 Å². The molecule has 0 amide bonds. The highest BCUT2D eigenvalue weighted by Crippen LogP contribution is 2.29. The molecule has 0 fully saturated rings. The van der Waals surface area contributed by atoms with Gasteiger partial charge >= 0.3 is 10.1 Å². The van der Waals surface area contributed by atoms with Crippen molar-refractivity contribution in [2.75, 3.05) is 6.61 Å². The van der Waals surface area contributed by atoms with Crippen LogP contribution in [-0.2, 0) is 14.9 Å². The molecular formula is C22H17F2NO4S. The normalized spacial score (nSPS) is 16.1. The number of benzene rings is 3. The molecule has 0 bridgehead atoms. The minimum absolute atomic E-state index is 0.0579. The third-order valence-corrected chi connectivity index (χ3v) is 5.87. The fourth-order valence-electron chi connectivity index (χ4n) is 3.01. The van der Waals surface area contributed by atoms with Crippen LogP contribution in [0.5, 0.6) is 5.75 Å². The van der Waals surface area contributed by atoms with Crippen molar-refractivity contribution in [3.8, 4) is 5.75 Å². The van der Waals surface area contributed by atoms with Crippen molar-refractivity contribution in [2.24, 2.45) is 4.99 Å². The van der Waals surface area contributed by atoms with Crippen LogP contribution in [-0.4, -0.2) is 20.9 Å². The summed E-state index contributed by atoms with van der Waals surface area (Å²) in [4.78, 5) is 4.32. The molecule has 1 aliphatic rings. The van der Waals surface area contributed by atoms with Gasteiger partial charge in [0, 0.05) is 0 Å². The molecule has 30 heavy (non-hydrogen) atoms. The van der Waals surface area contributed by atoms with Crippen LogP contribution >= 0.6 is 0 Å². The van der Waals surface area contributed by atoms with Crippen molar-refractivity contribution in [3.63, 3.8) is 0 Å². The zero-order chi connectivity index (χ0) is 21.3. The van der Waals surface area contributed by atoms with E-state index in [0.717, 1.165) is 17.7 Å². The second kappa shape index (κ2) is 7.87. The summed E-state index contributed by atoms with van der Waals surface area (Å²) >= 11 is 0. The first-order valence-corrected chi connectivity index (χ1v) is 10.5. The molecule has 0 radical (unpaired) electrons. The van der Waals surface area contributed by atoms with Crippen LogP contribution in [0, 0.1) is 18.6 Å². The van der Waals surface area contributed by atoms with Crippen LogP contribution < -0.4 is 4.18 Å². The average Bonchev–Trinajstić information content (AvgIpc) is 3.18. The monoisotopic (exact) mass is 429 g/mol. The van der Waals surface area contributed by atoms with E-state index in [9.17, 15) is 17.2 Å². The van der Waals surface area contributed by atoms with E-state index >= 15 is 0 Å². The Morgan fingerprint density at radius 3 is 2.23 bits per heavy atom. The number of ether oxygens (including phenoxy) is 1. The van der Waals surface area contributed by atoms with Gasteiger partial charge in [0.25, 0.3) is 0 Å². The van der Waals surface area contributed by atoms with Gasteiger partial charge in [-0.2, -0.15) is 8.42 Å². The predicted octanol–water partition coefficient (Wildman–Crippen LogP) is 4.56. The number of aliphatic imine (C=N–C) groups is 1. The van der Waals surface area contributed by atoms with Gasteiger partial charge in [0.2, 0.25) is 5.90 Å². The van der Waals surface area contributed by atoms with Crippen molar-refractivity contribution in [3.05, 3.63) is 95.1 Å². The van der Waals surface area contributed by atoms with Crippen molar-refractivity contribution < 1.29 is 26.1 Å². The molecule has 0 saturated carbocycles. The molecule has 1 unspecified atom stereocenters. The molecule has 4 rings (SSSR count). The van der Waals surface area contributed by atoms with E-state index in [0.29, 0.717) is 5.56 Å². The van der Waals surface area contributed by atoms with E-state index in [1.54, 1.807) is 24.3 Å². The molecule has 5 nitrogen and oxygen atoms in total. The van der Waals surface area contributed by atoms with Crippen LogP contribution in [0.25, 0.3) is 0 Å². The minimum Gasteiger partial charge on any atom is -0.475 e. The van der Waals surface area contributed by atoms with Gasteiger partial charge < -0.3 is 8.92 Å². The third-order valence-electron chi connectivity index (χ3n) is 4.61. The number of rotatable bonds is 5. The number of aryl methyl sites for hydroxylation is 1. The van der Waals surface area contributed by atoms with Crippen molar-refractivity contribution in [1.82, 2.24) is 0 Å². The number of hydrogen-bond donors (Lipinski definition) is 0. The number of halogens is 2. The van der Waals surface area contributed by atoms with Gasteiger partial charge in [-0.05, 0) is 48.9 Å². The lowest BCUT2D eigenvalue weighted by Gasteiger charge is -2.09. The Morgan fingerprint density at radius 1 is 0.967 bits per heavy atom. The Morgan fingerprint density at radius 2 is 1.60 bits per heavy atom. The maximum Gasteiger partial charge on any atom is 0.339 e. The van der Waals surface area contributed by atoms with Crippen LogP contribution in [0.2, 0.25) is 0 Å². The van der Waals surface area contributed by atoms with Crippen molar-refractivity contribution in [1.29, 1.82) is 0 Å². The van der Waals surface area contributed by atoms with Gasteiger partial charge in [-0.15, -0.1) is 0 Å². The summed E-state index contributed by atoms with van der Waals surface area (Å²) in [6.45, 7) is 1.97. The lowest BCUT2D eigenvalue weighted by atomic mass is 10.1. The first kappa shape index (κ1) is 20.0. The largest absolute Gasteiger partial charge is 0.475 e.